The lowest BCUT2D eigenvalue weighted by Crippen LogP contribution is -2.55. The van der Waals surface area contributed by atoms with E-state index >= 15 is 0 Å². The lowest BCUT2D eigenvalue weighted by atomic mass is 9.43. The minimum absolute atomic E-state index is 0.298. The van der Waals surface area contributed by atoms with Gasteiger partial charge in [0.2, 0.25) is 11.6 Å². The Bertz CT molecular complexity index is 1030. The summed E-state index contributed by atoms with van der Waals surface area (Å²) in [4.78, 5) is 26.8. The van der Waals surface area contributed by atoms with Crippen molar-refractivity contribution in [2.24, 2.45) is 21.7 Å². The van der Waals surface area contributed by atoms with Gasteiger partial charge in [-0.1, -0.05) is 65.8 Å². The SMILES string of the molecule is CC(C)(C)C1=CC2=C(O)C(=O)C3=CC(C(C)(C)C)=CC4=C(O)C(=O)C(=C1)[C@]2(C)[C@]34C. The van der Waals surface area contributed by atoms with Gasteiger partial charge in [0.1, 0.15) is 0 Å². The van der Waals surface area contributed by atoms with Crippen LogP contribution in [-0.4, -0.2) is 21.8 Å². The fourth-order valence-electron chi connectivity index (χ4n) is 5.21. The second-order valence-electron chi connectivity index (χ2n) is 11.2. The fraction of sp³-hybridized carbons (Fsp3) is 0.462. The van der Waals surface area contributed by atoms with E-state index < -0.39 is 22.4 Å². The third-order valence-corrected chi connectivity index (χ3v) is 7.52. The molecule has 4 aliphatic rings. The summed E-state index contributed by atoms with van der Waals surface area (Å²) < 4.78 is 0. The van der Waals surface area contributed by atoms with Gasteiger partial charge in [-0.15, -0.1) is 0 Å². The molecule has 4 heteroatoms. The lowest BCUT2D eigenvalue weighted by Gasteiger charge is -2.57. The first-order valence-electron chi connectivity index (χ1n) is 10.4. The van der Waals surface area contributed by atoms with E-state index in [1.807, 2.05) is 79.7 Å². The molecule has 4 aliphatic carbocycles. The molecule has 0 radical (unpaired) electrons. The highest BCUT2D eigenvalue weighted by Gasteiger charge is 2.65. The zero-order valence-corrected chi connectivity index (χ0v) is 19.0. The second-order valence-corrected chi connectivity index (χ2v) is 11.2. The Hall–Kier alpha value is -2.62. The van der Waals surface area contributed by atoms with Crippen LogP contribution in [-0.2, 0) is 9.59 Å². The maximum Gasteiger partial charge on any atom is 0.224 e. The van der Waals surface area contributed by atoms with Crippen molar-refractivity contribution in [3.8, 4) is 0 Å². The van der Waals surface area contributed by atoms with E-state index in [1.165, 1.54) is 0 Å². The summed E-state index contributed by atoms with van der Waals surface area (Å²) in [5.41, 5.74) is 0.937. The molecule has 4 rings (SSSR count). The third-order valence-electron chi connectivity index (χ3n) is 7.52. The fourth-order valence-corrected chi connectivity index (χ4v) is 5.21. The quantitative estimate of drug-likeness (QED) is 0.548. The number of aliphatic hydroxyl groups is 2. The summed E-state index contributed by atoms with van der Waals surface area (Å²) >= 11 is 0. The maximum atomic E-state index is 13.4. The Morgan fingerprint density at radius 2 is 0.933 bits per heavy atom. The monoisotopic (exact) mass is 406 g/mol. The van der Waals surface area contributed by atoms with Crippen LogP contribution < -0.4 is 0 Å². The van der Waals surface area contributed by atoms with Crippen LogP contribution in [0.15, 0.2) is 69.3 Å². The number of rotatable bonds is 0. The molecule has 0 spiro atoms. The molecule has 0 fully saturated rings. The van der Waals surface area contributed by atoms with Crippen molar-refractivity contribution in [1.29, 1.82) is 0 Å². The Morgan fingerprint density at radius 1 is 0.633 bits per heavy atom. The first-order valence-corrected chi connectivity index (χ1v) is 10.4. The van der Waals surface area contributed by atoms with Crippen molar-refractivity contribution in [3.05, 3.63) is 69.3 Å². The summed E-state index contributed by atoms with van der Waals surface area (Å²) in [5.74, 6) is -1.50. The molecule has 0 unspecified atom stereocenters. The van der Waals surface area contributed by atoms with Gasteiger partial charge >= 0.3 is 0 Å². The normalized spacial score (nSPS) is 31.2. The molecule has 0 aromatic rings. The summed E-state index contributed by atoms with van der Waals surface area (Å²) in [5, 5.41) is 22.1. The lowest BCUT2D eigenvalue weighted by molar-refractivity contribution is -0.120. The van der Waals surface area contributed by atoms with Gasteiger partial charge in [-0.2, -0.15) is 0 Å². The van der Waals surface area contributed by atoms with E-state index in [4.69, 9.17) is 0 Å². The van der Waals surface area contributed by atoms with Gasteiger partial charge in [-0.05, 0) is 35.8 Å². The standard InChI is InChI=1S/C26H30O4/c1-23(2,3)13-9-15-19(27)21(29)17-11-14(24(4,5)6)12-18-22(30)20(28)16(10-13)25(15,7)26(17,18)8/h9-12,27,30H,1-8H3/t25-,26-. The smallest absolute Gasteiger partial charge is 0.224 e. The number of carbonyl (C=O) groups is 2. The van der Waals surface area contributed by atoms with E-state index in [2.05, 4.69) is 0 Å². The molecule has 0 saturated carbocycles. The summed E-state index contributed by atoms with van der Waals surface area (Å²) in [6, 6.07) is 0. The number of aliphatic hydroxyl groups excluding tert-OH is 2. The highest BCUT2D eigenvalue weighted by atomic mass is 16.3. The molecular formula is C26H30O4. The van der Waals surface area contributed by atoms with E-state index in [9.17, 15) is 19.8 Å². The number of hydrogen-bond donors (Lipinski definition) is 2. The average molecular weight is 407 g/mol. The van der Waals surface area contributed by atoms with Crippen molar-refractivity contribution in [2.75, 3.05) is 0 Å². The van der Waals surface area contributed by atoms with E-state index in [-0.39, 0.29) is 22.3 Å². The molecule has 0 heterocycles. The summed E-state index contributed by atoms with van der Waals surface area (Å²) in [6.07, 6.45) is 7.39. The van der Waals surface area contributed by atoms with Crippen LogP contribution in [0.1, 0.15) is 55.4 Å². The molecule has 0 aliphatic heterocycles. The number of ketones is 2. The molecule has 4 nitrogen and oxygen atoms in total. The number of Topliss-reactive ketones (excluding diaryl/α,β-unsaturated/α-hetero) is 2. The summed E-state index contributed by atoms with van der Waals surface area (Å²) in [6.45, 7) is 15.9. The molecular weight excluding hydrogens is 376 g/mol. The minimum Gasteiger partial charge on any atom is -0.504 e. The first kappa shape index (κ1) is 20.6. The van der Waals surface area contributed by atoms with Crippen LogP contribution in [0.25, 0.3) is 0 Å². The Kier molecular flexibility index (Phi) is 3.81. The van der Waals surface area contributed by atoms with Crippen LogP contribution in [0.3, 0.4) is 0 Å². The topological polar surface area (TPSA) is 74.6 Å². The first-order chi connectivity index (χ1) is 13.6. The Morgan fingerprint density at radius 3 is 1.20 bits per heavy atom. The van der Waals surface area contributed by atoms with Crippen molar-refractivity contribution in [3.63, 3.8) is 0 Å². The van der Waals surface area contributed by atoms with Gasteiger partial charge in [-0.25, -0.2) is 0 Å². The van der Waals surface area contributed by atoms with Gasteiger partial charge in [0.05, 0.1) is 0 Å². The molecule has 2 N–H and O–H groups in total. The molecule has 0 saturated heterocycles. The van der Waals surface area contributed by atoms with Gasteiger partial charge in [-0.3, -0.25) is 9.59 Å². The largest absolute Gasteiger partial charge is 0.504 e. The van der Waals surface area contributed by atoms with Crippen LogP contribution in [0.2, 0.25) is 0 Å². The molecule has 2 atom stereocenters. The van der Waals surface area contributed by atoms with Crippen molar-refractivity contribution >= 4 is 11.6 Å². The number of carbonyl (C=O) groups excluding carboxylic acids is 2. The maximum absolute atomic E-state index is 13.4. The van der Waals surface area contributed by atoms with Crippen molar-refractivity contribution in [2.45, 2.75) is 55.4 Å². The highest BCUT2D eigenvalue weighted by molar-refractivity contribution is 6.17. The van der Waals surface area contributed by atoms with E-state index in [0.29, 0.717) is 22.3 Å². The zero-order chi connectivity index (χ0) is 22.6. The van der Waals surface area contributed by atoms with Gasteiger partial charge in [0, 0.05) is 33.1 Å². The number of allylic oxidation sites excluding steroid dienone is 10. The highest BCUT2D eigenvalue weighted by Crippen LogP contribution is 2.68. The summed E-state index contributed by atoms with van der Waals surface area (Å²) in [7, 11) is 0. The van der Waals surface area contributed by atoms with Crippen LogP contribution in [0, 0.1) is 21.7 Å². The van der Waals surface area contributed by atoms with Gasteiger partial charge < -0.3 is 10.2 Å². The van der Waals surface area contributed by atoms with Crippen molar-refractivity contribution in [1.82, 2.24) is 0 Å². The van der Waals surface area contributed by atoms with Crippen LogP contribution >= 0.6 is 0 Å². The molecule has 30 heavy (non-hydrogen) atoms. The Labute approximate surface area is 178 Å². The van der Waals surface area contributed by atoms with Crippen LogP contribution in [0.5, 0.6) is 0 Å². The van der Waals surface area contributed by atoms with Gasteiger partial charge in [0.25, 0.3) is 0 Å². The second kappa shape index (κ2) is 5.54. The van der Waals surface area contributed by atoms with Crippen LogP contribution in [0.4, 0.5) is 0 Å². The molecule has 0 bridgehead atoms. The average Bonchev–Trinajstić information content (AvgIpc) is 2.62. The van der Waals surface area contributed by atoms with Gasteiger partial charge in [0.15, 0.2) is 11.5 Å². The third kappa shape index (κ3) is 2.22. The molecule has 0 aromatic carbocycles. The molecule has 0 aromatic heterocycles. The zero-order valence-electron chi connectivity index (χ0n) is 19.0. The predicted molar refractivity (Wildman–Crippen MR) is 117 cm³/mol. The minimum atomic E-state index is -0.954. The van der Waals surface area contributed by atoms with E-state index in [0.717, 1.165) is 11.1 Å². The van der Waals surface area contributed by atoms with E-state index in [1.54, 1.807) is 0 Å². The number of hydrogen-bond acceptors (Lipinski definition) is 4. The molecule has 0 amide bonds. The predicted octanol–water partition coefficient (Wildman–Crippen LogP) is 5.61. The Balaban J connectivity index is 2.18. The molecule has 158 valence electrons. The van der Waals surface area contributed by atoms with Crippen molar-refractivity contribution < 1.29 is 19.8 Å².